The van der Waals surface area contributed by atoms with Crippen molar-refractivity contribution in [3.63, 3.8) is 0 Å². The fraction of sp³-hybridized carbons (Fsp3) is 0.250. The Bertz CT molecular complexity index is 964. The summed E-state index contributed by atoms with van der Waals surface area (Å²) in [7, 11) is 3.99. The first-order valence-electron chi connectivity index (χ1n) is 9.17. The topological polar surface area (TPSA) is 109 Å². The Hall–Kier alpha value is -3.59. The van der Waals surface area contributed by atoms with E-state index in [1.54, 1.807) is 30.6 Å². The van der Waals surface area contributed by atoms with E-state index in [-0.39, 0.29) is 17.2 Å². The van der Waals surface area contributed by atoms with Crippen LogP contribution >= 0.6 is 0 Å². The highest BCUT2D eigenvalue weighted by Crippen LogP contribution is 2.23. The van der Waals surface area contributed by atoms with E-state index in [0.717, 1.165) is 12.1 Å². The Morgan fingerprint density at radius 2 is 1.93 bits per heavy atom. The second-order valence-electron chi connectivity index (χ2n) is 6.67. The lowest BCUT2D eigenvalue weighted by atomic mass is 10.1. The molecule has 29 heavy (non-hydrogen) atoms. The maximum Gasteiger partial charge on any atom is 0.274 e. The molecule has 0 aliphatic carbocycles. The monoisotopic (exact) mass is 393 g/mol. The molecule has 0 spiro atoms. The van der Waals surface area contributed by atoms with Crippen molar-refractivity contribution >= 4 is 17.5 Å². The molecule has 0 amide bonds. The molecule has 0 atom stereocenters. The fourth-order valence-corrected chi connectivity index (χ4v) is 2.69. The van der Waals surface area contributed by atoms with Crippen molar-refractivity contribution < 1.29 is 4.92 Å². The molecule has 0 radical (unpaired) electrons. The van der Waals surface area contributed by atoms with Gasteiger partial charge in [-0.1, -0.05) is 18.2 Å². The molecular formula is C20H23N7O2. The molecular weight excluding hydrogens is 370 g/mol. The molecule has 2 heterocycles. The number of likely N-dealkylation sites (N-methyl/N-ethyl adjacent to an activating group) is 1. The van der Waals surface area contributed by atoms with Crippen LogP contribution in [0.3, 0.4) is 0 Å². The molecule has 3 rings (SSSR count). The first-order chi connectivity index (χ1) is 14.0. The summed E-state index contributed by atoms with van der Waals surface area (Å²) in [4.78, 5) is 26.1. The first kappa shape index (κ1) is 20.2. The Morgan fingerprint density at radius 3 is 2.66 bits per heavy atom. The number of nitrogens with one attached hydrogen (secondary N) is 2. The third kappa shape index (κ3) is 5.69. The minimum Gasteiger partial charge on any atom is -0.366 e. The van der Waals surface area contributed by atoms with Crippen molar-refractivity contribution in [3.8, 4) is 11.3 Å². The van der Waals surface area contributed by atoms with Crippen LogP contribution in [0.1, 0.15) is 5.56 Å². The summed E-state index contributed by atoms with van der Waals surface area (Å²) in [6.07, 6.45) is 3.44. The number of hydrogen-bond acceptors (Lipinski definition) is 8. The molecule has 0 aliphatic heterocycles. The molecule has 150 valence electrons. The van der Waals surface area contributed by atoms with Crippen LogP contribution in [0.25, 0.3) is 11.3 Å². The van der Waals surface area contributed by atoms with E-state index in [1.165, 1.54) is 6.07 Å². The van der Waals surface area contributed by atoms with E-state index in [9.17, 15) is 10.1 Å². The lowest BCUT2D eigenvalue weighted by molar-refractivity contribution is -0.385. The molecule has 0 aliphatic rings. The van der Waals surface area contributed by atoms with Gasteiger partial charge in [0.1, 0.15) is 5.82 Å². The predicted octanol–water partition coefficient (Wildman–Crippen LogP) is 3.03. The molecule has 3 aromatic rings. The van der Waals surface area contributed by atoms with Crippen LogP contribution in [-0.4, -0.2) is 52.0 Å². The van der Waals surface area contributed by atoms with Gasteiger partial charge in [-0.3, -0.25) is 15.1 Å². The summed E-state index contributed by atoms with van der Waals surface area (Å²) in [6.45, 7) is 1.80. The minimum absolute atomic E-state index is 0.0749. The van der Waals surface area contributed by atoms with Gasteiger partial charge in [0, 0.05) is 55.3 Å². The Balaban J connectivity index is 1.84. The molecule has 1 aromatic carbocycles. The predicted molar refractivity (Wildman–Crippen MR) is 113 cm³/mol. The summed E-state index contributed by atoms with van der Waals surface area (Å²) >= 11 is 0. The van der Waals surface area contributed by atoms with E-state index in [1.807, 2.05) is 32.3 Å². The van der Waals surface area contributed by atoms with Crippen molar-refractivity contribution in [1.82, 2.24) is 19.9 Å². The quantitative estimate of drug-likeness (QED) is 0.422. The van der Waals surface area contributed by atoms with Gasteiger partial charge >= 0.3 is 0 Å². The number of anilines is 2. The van der Waals surface area contributed by atoms with Crippen LogP contribution in [0.15, 0.2) is 54.9 Å². The SMILES string of the molecule is CN(C)CCNc1nc(NCc2ccccc2[N+](=O)[O-])cc(-c2cccnc2)n1. The van der Waals surface area contributed by atoms with Crippen LogP contribution < -0.4 is 10.6 Å². The normalized spacial score (nSPS) is 10.7. The number of nitrogens with zero attached hydrogens (tertiary/aromatic N) is 5. The Kier molecular flexibility index (Phi) is 6.64. The van der Waals surface area contributed by atoms with Crippen molar-refractivity contribution in [3.05, 3.63) is 70.5 Å². The van der Waals surface area contributed by atoms with Gasteiger partial charge in [-0.2, -0.15) is 4.98 Å². The third-order valence-corrected chi connectivity index (χ3v) is 4.17. The second kappa shape index (κ2) is 9.56. The Morgan fingerprint density at radius 1 is 1.10 bits per heavy atom. The van der Waals surface area contributed by atoms with Crippen molar-refractivity contribution in [1.29, 1.82) is 0 Å². The number of nitro groups is 1. The highest BCUT2D eigenvalue weighted by atomic mass is 16.6. The molecule has 2 N–H and O–H groups in total. The van der Waals surface area contributed by atoms with Gasteiger partial charge in [-0.25, -0.2) is 4.98 Å². The molecule has 2 aromatic heterocycles. The van der Waals surface area contributed by atoms with Gasteiger partial charge in [-0.05, 0) is 26.2 Å². The third-order valence-electron chi connectivity index (χ3n) is 4.17. The molecule has 0 fully saturated rings. The number of benzene rings is 1. The molecule has 0 saturated carbocycles. The van der Waals surface area contributed by atoms with E-state index in [2.05, 4.69) is 30.5 Å². The zero-order valence-electron chi connectivity index (χ0n) is 16.4. The summed E-state index contributed by atoms with van der Waals surface area (Å²) in [5, 5.41) is 17.6. The summed E-state index contributed by atoms with van der Waals surface area (Å²) in [5.74, 6) is 1.06. The summed E-state index contributed by atoms with van der Waals surface area (Å²) < 4.78 is 0. The Labute approximate surface area is 169 Å². The van der Waals surface area contributed by atoms with Gasteiger partial charge in [0.05, 0.1) is 10.6 Å². The van der Waals surface area contributed by atoms with Crippen LogP contribution in [0.5, 0.6) is 0 Å². The van der Waals surface area contributed by atoms with Crippen LogP contribution in [-0.2, 0) is 6.54 Å². The molecule has 0 bridgehead atoms. The van der Waals surface area contributed by atoms with Gasteiger partial charge in [0.15, 0.2) is 0 Å². The second-order valence-corrected chi connectivity index (χ2v) is 6.67. The van der Waals surface area contributed by atoms with Crippen LogP contribution in [0.4, 0.5) is 17.5 Å². The largest absolute Gasteiger partial charge is 0.366 e. The number of rotatable bonds is 9. The smallest absolute Gasteiger partial charge is 0.274 e. The standard InChI is InChI=1S/C20H23N7O2/c1-26(2)11-10-22-20-24-17(15-7-5-9-21-13-15)12-19(25-20)23-14-16-6-3-4-8-18(16)27(28)29/h3-9,12-13H,10-11,14H2,1-2H3,(H2,22,23,24,25). The summed E-state index contributed by atoms with van der Waals surface area (Å²) in [5.41, 5.74) is 2.23. The number of nitro benzene ring substituents is 1. The van der Waals surface area contributed by atoms with Crippen molar-refractivity contribution in [2.75, 3.05) is 37.8 Å². The highest BCUT2D eigenvalue weighted by Gasteiger charge is 2.13. The fourth-order valence-electron chi connectivity index (χ4n) is 2.69. The van der Waals surface area contributed by atoms with Gasteiger partial charge in [-0.15, -0.1) is 0 Å². The van der Waals surface area contributed by atoms with Gasteiger partial charge < -0.3 is 15.5 Å². The number of pyridine rings is 1. The van der Waals surface area contributed by atoms with Gasteiger partial charge in [0.25, 0.3) is 5.69 Å². The number of para-hydroxylation sites is 1. The average Bonchev–Trinajstić information content (AvgIpc) is 2.72. The molecule has 0 unspecified atom stereocenters. The first-order valence-corrected chi connectivity index (χ1v) is 9.17. The van der Waals surface area contributed by atoms with Crippen molar-refractivity contribution in [2.45, 2.75) is 6.54 Å². The maximum absolute atomic E-state index is 11.2. The molecule has 9 nitrogen and oxygen atoms in total. The maximum atomic E-state index is 11.2. The lowest BCUT2D eigenvalue weighted by Gasteiger charge is -2.13. The average molecular weight is 393 g/mol. The zero-order chi connectivity index (χ0) is 20.6. The summed E-state index contributed by atoms with van der Waals surface area (Å²) in [6, 6.07) is 12.2. The van der Waals surface area contributed by atoms with E-state index < -0.39 is 0 Å². The van der Waals surface area contributed by atoms with Gasteiger partial charge in [0.2, 0.25) is 5.95 Å². The van der Waals surface area contributed by atoms with Crippen molar-refractivity contribution in [2.24, 2.45) is 0 Å². The van der Waals surface area contributed by atoms with Crippen LogP contribution in [0, 0.1) is 10.1 Å². The number of hydrogen-bond donors (Lipinski definition) is 2. The number of aromatic nitrogens is 3. The minimum atomic E-state index is -0.383. The van der Waals surface area contributed by atoms with E-state index in [4.69, 9.17) is 0 Å². The van der Waals surface area contributed by atoms with E-state index in [0.29, 0.717) is 29.6 Å². The zero-order valence-corrected chi connectivity index (χ0v) is 16.4. The molecule has 9 heteroatoms. The highest BCUT2D eigenvalue weighted by molar-refractivity contribution is 5.63. The lowest BCUT2D eigenvalue weighted by Crippen LogP contribution is -2.21. The molecule has 0 saturated heterocycles. The van der Waals surface area contributed by atoms with E-state index >= 15 is 0 Å². The van der Waals surface area contributed by atoms with Crippen LogP contribution in [0.2, 0.25) is 0 Å².